The molecule has 2 N–H and O–H groups in total. The molecule has 1 aliphatic carbocycles. The number of carboxylic acids is 1. The van der Waals surface area contributed by atoms with Gasteiger partial charge in [0.2, 0.25) is 5.92 Å². The number of carboxylic acid groups (broad SMARTS) is 1. The number of rotatable bonds is 7. The van der Waals surface area contributed by atoms with E-state index < -0.39 is 41.4 Å². The highest BCUT2D eigenvalue weighted by Crippen LogP contribution is 2.64. The van der Waals surface area contributed by atoms with Crippen molar-refractivity contribution < 1.29 is 32.5 Å². The molecule has 0 saturated heterocycles. The zero-order chi connectivity index (χ0) is 27.6. The maximum Gasteiger partial charge on any atom is 0.331 e. The minimum absolute atomic E-state index is 0.104. The molecule has 1 aromatic heterocycles. The van der Waals surface area contributed by atoms with Gasteiger partial charge >= 0.3 is 5.97 Å². The second-order valence-corrected chi connectivity index (χ2v) is 11.8. The molecule has 1 saturated carbocycles. The maximum atomic E-state index is 14.3. The lowest BCUT2D eigenvalue weighted by atomic mass is 9.59. The number of hydrogen-bond acceptors (Lipinski definition) is 6. The van der Waals surface area contributed by atoms with Crippen LogP contribution in [0, 0.1) is 11.2 Å². The Hall–Kier alpha value is -3.11. The van der Waals surface area contributed by atoms with Crippen LogP contribution in [0.2, 0.25) is 0 Å². The number of hydrogen-bond donors (Lipinski definition) is 2. The van der Waals surface area contributed by atoms with Gasteiger partial charge in [-0.25, -0.2) is 22.9 Å². The maximum absolute atomic E-state index is 14.3. The van der Waals surface area contributed by atoms with E-state index in [1.54, 1.807) is 11.0 Å². The fourth-order valence-electron chi connectivity index (χ4n) is 7.44. The Bertz CT molecular complexity index is 1390. The topological polar surface area (TPSA) is 83.9 Å². The number of aryl methyl sites for hydroxylation is 2. The first-order valence-electron chi connectivity index (χ1n) is 14.1. The Morgan fingerprint density at radius 2 is 2.05 bits per heavy atom. The van der Waals surface area contributed by atoms with Crippen LogP contribution in [0.25, 0.3) is 0 Å². The second-order valence-electron chi connectivity index (χ2n) is 11.8. The van der Waals surface area contributed by atoms with Crippen LogP contribution in [0.1, 0.15) is 66.6 Å². The lowest BCUT2D eigenvalue weighted by Crippen LogP contribution is -2.54. The molecular formula is C30H32F3N3O4. The van der Waals surface area contributed by atoms with Gasteiger partial charge < -0.3 is 24.8 Å². The van der Waals surface area contributed by atoms with Crippen molar-refractivity contribution in [2.75, 3.05) is 31.6 Å². The number of carbonyl (C=O) groups is 1. The third-order valence-electron chi connectivity index (χ3n) is 9.08. The zero-order valence-corrected chi connectivity index (χ0v) is 22.1. The summed E-state index contributed by atoms with van der Waals surface area (Å²) in [7, 11) is 0. The summed E-state index contributed by atoms with van der Waals surface area (Å²) >= 11 is 0. The fraction of sp³-hybridized carbons (Fsp3) is 0.533. The minimum Gasteiger partial charge on any atom is -0.479 e. The number of alkyl halides is 2. The van der Waals surface area contributed by atoms with Gasteiger partial charge in [-0.15, -0.1) is 0 Å². The van der Waals surface area contributed by atoms with E-state index in [2.05, 4.69) is 17.4 Å². The quantitative estimate of drug-likeness (QED) is 0.456. The molecule has 0 unspecified atom stereocenters. The molecule has 3 atom stereocenters. The lowest BCUT2D eigenvalue weighted by Gasteiger charge is -2.53. The minimum atomic E-state index is -2.79. The van der Waals surface area contributed by atoms with E-state index in [0.29, 0.717) is 23.4 Å². The van der Waals surface area contributed by atoms with Gasteiger partial charge in [0.05, 0.1) is 18.4 Å². The molecule has 212 valence electrons. The number of aliphatic carboxylic acids is 1. The van der Waals surface area contributed by atoms with Crippen molar-refractivity contribution in [1.29, 1.82) is 0 Å². The Morgan fingerprint density at radius 1 is 1.20 bits per heavy atom. The summed E-state index contributed by atoms with van der Waals surface area (Å²) < 4.78 is 55.3. The molecule has 1 fully saturated rings. The predicted octanol–water partition coefficient (Wildman–Crippen LogP) is 5.18. The molecule has 7 rings (SSSR count). The van der Waals surface area contributed by atoms with Crippen LogP contribution in [0.15, 0.2) is 41.6 Å². The summed E-state index contributed by atoms with van der Waals surface area (Å²) in [6.45, 7) is 1.67. The summed E-state index contributed by atoms with van der Waals surface area (Å²) in [6.07, 6.45) is 2.73. The van der Waals surface area contributed by atoms with Gasteiger partial charge in [-0.1, -0.05) is 12.1 Å². The van der Waals surface area contributed by atoms with Crippen LogP contribution in [0.4, 0.5) is 19.0 Å². The number of benzene rings is 1. The molecule has 5 heterocycles. The van der Waals surface area contributed by atoms with Gasteiger partial charge in [0.15, 0.2) is 6.04 Å². The molecule has 5 aliphatic rings. The van der Waals surface area contributed by atoms with Crippen LogP contribution in [-0.4, -0.2) is 59.3 Å². The standard InChI is InChI=1S/C30H32F3N3O4/c31-18-7-9-20-21(12-18)24(28(37)38)36-13-22(23-25(36)26(20)40-16-29(23)14-30(32,33)15-29)39-11-2-1-5-19-8-6-17-4-3-10-34-27(17)35-19/h6-9,12,22,24,26H,1-5,10-11,13-16H2,(H,34,35)(H,37,38)/t22-,24-,26-/m0/s1. The number of pyridine rings is 1. The van der Waals surface area contributed by atoms with E-state index >= 15 is 0 Å². The SMILES string of the molecule is O=C(O)[C@@H]1c2cc(F)ccc2[C@@H]2OCC3(CC(F)(F)C3)C3=C2N1C[C@@H]3OCCCCc1ccc2c(n1)NCCC2. The summed E-state index contributed by atoms with van der Waals surface area (Å²) in [4.78, 5) is 18.9. The predicted molar refractivity (Wildman–Crippen MR) is 140 cm³/mol. The van der Waals surface area contributed by atoms with Crippen molar-refractivity contribution in [3.8, 4) is 0 Å². The smallest absolute Gasteiger partial charge is 0.331 e. The number of unbranched alkanes of at least 4 members (excludes halogenated alkanes) is 1. The number of halogens is 3. The Labute approximate surface area is 230 Å². The van der Waals surface area contributed by atoms with Crippen molar-refractivity contribution in [2.45, 2.75) is 69.1 Å². The number of nitrogens with zero attached hydrogens (tertiary/aromatic N) is 2. The molecule has 1 spiro atoms. The first kappa shape index (κ1) is 25.8. The molecule has 1 aromatic carbocycles. The van der Waals surface area contributed by atoms with Crippen molar-refractivity contribution in [1.82, 2.24) is 9.88 Å². The molecule has 0 radical (unpaired) electrons. The van der Waals surface area contributed by atoms with Gasteiger partial charge in [0, 0.05) is 43.6 Å². The van der Waals surface area contributed by atoms with Crippen molar-refractivity contribution in [3.05, 3.63) is 69.8 Å². The van der Waals surface area contributed by atoms with Crippen LogP contribution in [-0.2, 0) is 27.1 Å². The summed E-state index contributed by atoms with van der Waals surface area (Å²) in [5, 5.41) is 13.5. The lowest BCUT2D eigenvalue weighted by molar-refractivity contribution is -0.185. The van der Waals surface area contributed by atoms with E-state index in [1.807, 2.05) is 0 Å². The third-order valence-corrected chi connectivity index (χ3v) is 9.08. The summed E-state index contributed by atoms with van der Waals surface area (Å²) in [5.41, 5.74) is 3.67. The molecule has 2 aromatic rings. The van der Waals surface area contributed by atoms with Crippen LogP contribution in [0.3, 0.4) is 0 Å². The Balaban J connectivity index is 1.11. The highest BCUT2D eigenvalue weighted by molar-refractivity contribution is 5.78. The van der Waals surface area contributed by atoms with Crippen molar-refractivity contribution in [3.63, 3.8) is 0 Å². The Kier molecular flexibility index (Phi) is 6.12. The van der Waals surface area contributed by atoms with Crippen LogP contribution in [0.5, 0.6) is 0 Å². The summed E-state index contributed by atoms with van der Waals surface area (Å²) in [5.74, 6) is -3.47. The summed E-state index contributed by atoms with van der Waals surface area (Å²) in [6, 6.07) is 7.16. The third kappa shape index (κ3) is 4.18. The fourth-order valence-corrected chi connectivity index (χ4v) is 7.44. The van der Waals surface area contributed by atoms with Crippen LogP contribution >= 0.6 is 0 Å². The van der Waals surface area contributed by atoms with Crippen LogP contribution < -0.4 is 5.32 Å². The molecule has 40 heavy (non-hydrogen) atoms. The zero-order valence-electron chi connectivity index (χ0n) is 22.1. The first-order valence-corrected chi connectivity index (χ1v) is 14.1. The largest absolute Gasteiger partial charge is 0.479 e. The normalized spacial score (nSPS) is 27.0. The van der Waals surface area contributed by atoms with E-state index in [9.17, 15) is 23.1 Å². The van der Waals surface area contributed by atoms with Crippen molar-refractivity contribution >= 4 is 11.8 Å². The number of nitrogens with one attached hydrogen (secondary N) is 1. The molecular weight excluding hydrogens is 523 g/mol. The van der Waals surface area contributed by atoms with Gasteiger partial charge in [0.25, 0.3) is 0 Å². The highest BCUT2D eigenvalue weighted by Gasteiger charge is 2.65. The molecule has 7 nitrogen and oxygen atoms in total. The van der Waals surface area contributed by atoms with E-state index in [1.165, 1.54) is 17.7 Å². The molecule has 4 aliphatic heterocycles. The number of anilines is 1. The van der Waals surface area contributed by atoms with Gasteiger partial charge in [-0.2, -0.15) is 0 Å². The van der Waals surface area contributed by atoms with E-state index in [4.69, 9.17) is 14.5 Å². The van der Waals surface area contributed by atoms with Gasteiger partial charge in [-0.3, -0.25) is 0 Å². The van der Waals surface area contributed by atoms with E-state index in [0.717, 1.165) is 55.7 Å². The van der Waals surface area contributed by atoms with E-state index in [-0.39, 0.29) is 26.0 Å². The van der Waals surface area contributed by atoms with Crippen molar-refractivity contribution in [2.24, 2.45) is 5.41 Å². The van der Waals surface area contributed by atoms with Gasteiger partial charge in [-0.05, 0) is 72.6 Å². The molecule has 0 bridgehead atoms. The first-order chi connectivity index (χ1) is 19.2. The number of ether oxygens (including phenoxy) is 2. The second kappa shape index (κ2) is 9.48. The highest BCUT2D eigenvalue weighted by atomic mass is 19.3. The average Bonchev–Trinajstić information content (AvgIpc) is 3.28. The number of fused-ring (bicyclic) bond motifs is 4. The Morgan fingerprint density at radius 3 is 2.85 bits per heavy atom. The molecule has 10 heteroatoms. The van der Waals surface area contributed by atoms with Gasteiger partial charge in [0.1, 0.15) is 17.7 Å². The molecule has 0 amide bonds. The number of aromatic nitrogens is 1. The average molecular weight is 556 g/mol. The monoisotopic (exact) mass is 555 g/mol.